The summed E-state index contributed by atoms with van der Waals surface area (Å²) in [6.07, 6.45) is 0.869. The molecule has 74 valence electrons. The van der Waals surface area contributed by atoms with E-state index >= 15 is 0 Å². The molecule has 13 heavy (non-hydrogen) atoms. The predicted octanol–water partition coefficient (Wildman–Crippen LogP) is -0.509. The fraction of sp³-hybridized carbons (Fsp3) is 0.889. The van der Waals surface area contributed by atoms with Crippen LogP contribution in [0.3, 0.4) is 0 Å². The highest BCUT2D eigenvalue weighted by Gasteiger charge is 2.47. The lowest BCUT2D eigenvalue weighted by Crippen LogP contribution is -2.55. The minimum Gasteiger partial charge on any atom is -0.390 e. The Balaban J connectivity index is 2.21. The van der Waals surface area contributed by atoms with Gasteiger partial charge in [0, 0.05) is 13.0 Å². The van der Waals surface area contributed by atoms with Gasteiger partial charge in [-0.3, -0.25) is 4.79 Å². The van der Waals surface area contributed by atoms with Gasteiger partial charge in [0.2, 0.25) is 5.91 Å². The number of rotatable bonds is 0. The van der Waals surface area contributed by atoms with Crippen molar-refractivity contribution in [3.63, 3.8) is 0 Å². The molecule has 2 aliphatic heterocycles. The number of aliphatic hydroxyl groups is 2. The van der Waals surface area contributed by atoms with Gasteiger partial charge in [0.1, 0.15) is 6.10 Å². The highest BCUT2D eigenvalue weighted by molar-refractivity contribution is 5.74. The summed E-state index contributed by atoms with van der Waals surface area (Å²) in [5.41, 5.74) is 0. The predicted molar refractivity (Wildman–Crippen MR) is 46.0 cm³/mol. The van der Waals surface area contributed by atoms with Crippen LogP contribution in [0, 0.1) is 0 Å². The lowest BCUT2D eigenvalue weighted by molar-refractivity contribution is -0.143. The number of piperidine rings is 1. The second kappa shape index (κ2) is 2.96. The summed E-state index contributed by atoms with van der Waals surface area (Å²) in [4.78, 5) is 13.0. The number of hydrogen-bond donors (Lipinski definition) is 2. The molecular weight excluding hydrogens is 170 g/mol. The first-order chi connectivity index (χ1) is 6.11. The third-order valence-electron chi connectivity index (χ3n) is 3.21. The molecule has 0 unspecified atom stereocenters. The third-order valence-corrected chi connectivity index (χ3v) is 3.21. The molecule has 2 bridgehead atoms. The van der Waals surface area contributed by atoms with Crippen LogP contribution in [0.2, 0.25) is 0 Å². The summed E-state index contributed by atoms with van der Waals surface area (Å²) in [7, 11) is 0. The maximum absolute atomic E-state index is 11.2. The Morgan fingerprint density at radius 1 is 1.38 bits per heavy atom. The van der Waals surface area contributed by atoms with Gasteiger partial charge in [0.25, 0.3) is 0 Å². The Kier molecular flexibility index (Phi) is 2.04. The first-order valence-corrected chi connectivity index (χ1v) is 4.76. The smallest absolute Gasteiger partial charge is 0.220 e. The monoisotopic (exact) mass is 185 g/mol. The molecular formula is C9H15NO3. The third kappa shape index (κ3) is 1.25. The van der Waals surface area contributed by atoms with E-state index in [1.54, 1.807) is 4.90 Å². The summed E-state index contributed by atoms with van der Waals surface area (Å²) >= 11 is 0. The second-order valence-electron chi connectivity index (χ2n) is 4.02. The van der Waals surface area contributed by atoms with Crippen molar-refractivity contribution in [2.45, 2.75) is 50.5 Å². The van der Waals surface area contributed by atoms with E-state index in [9.17, 15) is 15.0 Å². The van der Waals surface area contributed by atoms with E-state index in [-0.39, 0.29) is 18.0 Å². The number of carbonyl (C=O) groups is 1. The molecule has 4 atom stereocenters. The van der Waals surface area contributed by atoms with E-state index in [0.717, 1.165) is 12.8 Å². The molecule has 0 aromatic carbocycles. The van der Waals surface area contributed by atoms with Crippen molar-refractivity contribution < 1.29 is 15.0 Å². The molecule has 0 radical (unpaired) electrons. The molecule has 1 amide bonds. The molecule has 2 N–H and O–H groups in total. The molecule has 2 aliphatic rings. The van der Waals surface area contributed by atoms with Gasteiger partial charge in [-0.15, -0.1) is 0 Å². The van der Waals surface area contributed by atoms with Crippen LogP contribution in [-0.2, 0) is 4.79 Å². The van der Waals surface area contributed by atoms with Crippen LogP contribution < -0.4 is 0 Å². The highest BCUT2D eigenvalue weighted by atomic mass is 16.3. The van der Waals surface area contributed by atoms with Gasteiger partial charge in [0.05, 0.1) is 12.1 Å². The first-order valence-electron chi connectivity index (χ1n) is 4.76. The van der Waals surface area contributed by atoms with Gasteiger partial charge in [-0.05, 0) is 19.3 Å². The fourth-order valence-corrected chi connectivity index (χ4v) is 2.64. The average Bonchev–Trinajstić information content (AvgIpc) is 2.40. The zero-order valence-electron chi connectivity index (χ0n) is 7.68. The van der Waals surface area contributed by atoms with Gasteiger partial charge < -0.3 is 15.1 Å². The molecule has 2 heterocycles. The largest absolute Gasteiger partial charge is 0.390 e. The fourth-order valence-electron chi connectivity index (χ4n) is 2.64. The van der Waals surface area contributed by atoms with E-state index < -0.39 is 12.2 Å². The van der Waals surface area contributed by atoms with Crippen molar-refractivity contribution in [3.8, 4) is 0 Å². The van der Waals surface area contributed by atoms with Crippen LogP contribution >= 0.6 is 0 Å². The summed E-state index contributed by atoms with van der Waals surface area (Å²) in [6, 6.07) is 0.00662. The molecule has 0 aliphatic carbocycles. The maximum Gasteiger partial charge on any atom is 0.220 e. The molecule has 0 aromatic heterocycles. The van der Waals surface area contributed by atoms with Crippen LogP contribution in [0.25, 0.3) is 0 Å². The van der Waals surface area contributed by atoms with E-state index in [1.807, 2.05) is 0 Å². The van der Waals surface area contributed by atoms with E-state index in [0.29, 0.717) is 6.42 Å². The molecule has 2 saturated heterocycles. The zero-order chi connectivity index (χ0) is 9.59. The van der Waals surface area contributed by atoms with Crippen molar-refractivity contribution in [3.05, 3.63) is 0 Å². The summed E-state index contributed by atoms with van der Waals surface area (Å²) in [6.45, 7) is 1.52. The van der Waals surface area contributed by atoms with Gasteiger partial charge in [-0.25, -0.2) is 0 Å². The minimum absolute atomic E-state index is 0.0125. The Hall–Kier alpha value is -0.610. The van der Waals surface area contributed by atoms with Crippen LogP contribution in [-0.4, -0.2) is 45.3 Å². The van der Waals surface area contributed by atoms with Crippen LogP contribution in [0.15, 0.2) is 0 Å². The molecule has 2 rings (SSSR count). The Morgan fingerprint density at radius 2 is 2.08 bits per heavy atom. The topological polar surface area (TPSA) is 60.8 Å². The number of fused-ring (bicyclic) bond motifs is 2. The quantitative estimate of drug-likeness (QED) is 0.534. The van der Waals surface area contributed by atoms with Crippen molar-refractivity contribution in [2.75, 3.05) is 0 Å². The highest BCUT2D eigenvalue weighted by Crippen LogP contribution is 2.35. The average molecular weight is 185 g/mol. The van der Waals surface area contributed by atoms with Crippen molar-refractivity contribution in [1.82, 2.24) is 4.90 Å². The number of aliphatic hydroxyl groups excluding tert-OH is 2. The maximum atomic E-state index is 11.2. The number of hydrogen-bond acceptors (Lipinski definition) is 3. The lowest BCUT2D eigenvalue weighted by atomic mass is 9.97. The van der Waals surface area contributed by atoms with Crippen LogP contribution in [0.5, 0.6) is 0 Å². The SMILES string of the molecule is CC(=O)N1[C@@H]2CC[C@H]1[C@H](O)[C@H](O)C2. The van der Waals surface area contributed by atoms with Gasteiger partial charge in [-0.2, -0.15) is 0 Å². The molecule has 2 fully saturated rings. The molecule has 4 heteroatoms. The molecule has 0 spiro atoms. The Bertz CT molecular complexity index is 231. The molecule has 0 saturated carbocycles. The summed E-state index contributed by atoms with van der Waals surface area (Å²) in [5, 5.41) is 19.1. The van der Waals surface area contributed by atoms with E-state index in [4.69, 9.17) is 0 Å². The summed E-state index contributed by atoms with van der Waals surface area (Å²) in [5.74, 6) is 0.0125. The van der Waals surface area contributed by atoms with Crippen molar-refractivity contribution >= 4 is 5.91 Å². The van der Waals surface area contributed by atoms with Gasteiger partial charge >= 0.3 is 0 Å². The summed E-state index contributed by atoms with van der Waals surface area (Å²) < 4.78 is 0. The van der Waals surface area contributed by atoms with Gasteiger partial charge in [0.15, 0.2) is 0 Å². The molecule has 4 nitrogen and oxygen atoms in total. The minimum atomic E-state index is -0.748. The Morgan fingerprint density at radius 3 is 2.69 bits per heavy atom. The standard InChI is InChI=1S/C9H15NO3/c1-5(11)10-6-2-3-7(10)9(13)8(12)4-6/h6-9,12-13H,2-4H2,1H3/t6-,7+,8-,9+/m1/s1. The van der Waals surface area contributed by atoms with E-state index in [1.165, 1.54) is 6.92 Å². The second-order valence-corrected chi connectivity index (χ2v) is 4.02. The van der Waals surface area contributed by atoms with Crippen LogP contribution in [0.1, 0.15) is 26.2 Å². The normalized spacial score (nSPS) is 43.8. The number of nitrogens with zero attached hydrogens (tertiary/aromatic N) is 1. The lowest BCUT2D eigenvalue weighted by Gasteiger charge is -2.39. The first kappa shape index (κ1) is 8.97. The number of carbonyl (C=O) groups excluding carboxylic acids is 1. The number of amides is 1. The van der Waals surface area contributed by atoms with Crippen LogP contribution in [0.4, 0.5) is 0 Å². The van der Waals surface area contributed by atoms with Crippen molar-refractivity contribution in [1.29, 1.82) is 0 Å². The zero-order valence-corrected chi connectivity index (χ0v) is 7.68. The van der Waals surface area contributed by atoms with Crippen molar-refractivity contribution in [2.24, 2.45) is 0 Å². The van der Waals surface area contributed by atoms with E-state index in [2.05, 4.69) is 0 Å². The Labute approximate surface area is 77.2 Å². The van der Waals surface area contributed by atoms with Gasteiger partial charge in [-0.1, -0.05) is 0 Å². The molecule has 0 aromatic rings.